The molecule has 38 heavy (non-hydrogen) atoms. The van der Waals surface area contributed by atoms with E-state index in [0.29, 0.717) is 18.1 Å². The summed E-state index contributed by atoms with van der Waals surface area (Å²) < 4.78 is 69.6. The van der Waals surface area contributed by atoms with E-state index in [1.165, 1.54) is 18.4 Å². The standard InChI is InChI=1S/C19H24N4O.2C2HF3O2/c1-3-15(11-20-7-1)14-23-9-10-24-19-16(5-6-18(19)23)12-22-17-4-2-8-21-13-17;2*3-2(4,5)1(6)7/h1-4,7-8,11,13,16,18-19,22H,5-6,9-10,12,14H2;2*(H,6,7). The fraction of sp³-hybridized carbons (Fsp3) is 0.478. The molecule has 15 heteroatoms. The Morgan fingerprint density at radius 3 is 2.05 bits per heavy atom. The Bertz CT molecular complexity index is 987. The summed E-state index contributed by atoms with van der Waals surface area (Å²) in [4.78, 5) is 28.8. The molecule has 1 saturated carbocycles. The Kier molecular flexibility index (Phi) is 11.3. The third-order valence-corrected chi connectivity index (χ3v) is 5.66. The van der Waals surface area contributed by atoms with Crippen molar-refractivity contribution >= 4 is 17.6 Å². The monoisotopic (exact) mass is 552 g/mol. The fourth-order valence-electron chi connectivity index (χ4n) is 3.99. The number of rotatable bonds is 5. The molecule has 0 radical (unpaired) electrons. The Morgan fingerprint density at radius 1 is 0.974 bits per heavy atom. The largest absolute Gasteiger partial charge is 0.490 e. The Hall–Kier alpha value is -3.46. The summed E-state index contributed by atoms with van der Waals surface area (Å²) >= 11 is 0. The maximum atomic E-state index is 10.6. The number of hydrogen-bond acceptors (Lipinski definition) is 7. The van der Waals surface area contributed by atoms with Crippen molar-refractivity contribution in [2.75, 3.05) is 25.0 Å². The van der Waals surface area contributed by atoms with Crippen molar-refractivity contribution in [3.63, 3.8) is 0 Å². The van der Waals surface area contributed by atoms with Crippen molar-refractivity contribution in [1.82, 2.24) is 14.9 Å². The average molecular weight is 552 g/mol. The van der Waals surface area contributed by atoms with Crippen LogP contribution in [0.5, 0.6) is 0 Å². The molecule has 3 atom stereocenters. The Balaban J connectivity index is 0.000000301. The lowest BCUT2D eigenvalue weighted by Crippen LogP contribution is -2.50. The first kappa shape index (κ1) is 30.8. The third kappa shape index (κ3) is 10.1. The number of alkyl halides is 6. The maximum Gasteiger partial charge on any atom is 0.490 e. The lowest BCUT2D eigenvalue weighted by atomic mass is 10.0. The summed E-state index contributed by atoms with van der Waals surface area (Å²) in [6.07, 6.45) is 0.0818. The highest BCUT2D eigenvalue weighted by atomic mass is 19.4. The number of anilines is 1. The second-order valence-electron chi connectivity index (χ2n) is 8.30. The first-order chi connectivity index (χ1) is 17.8. The van der Waals surface area contributed by atoms with E-state index in [4.69, 9.17) is 24.5 Å². The summed E-state index contributed by atoms with van der Waals surface area (Å²) in [5.74, 6) is -4.95. The highest BCUT2D eigenvalue weighted by molar-refractivity contribution is 5.73. The Labute approximate surface area is 213 Å². The summed E-state index contributed by atoms with van der Waals surface area (Å²) in [5, 5.41) is 17.8. The van der Waals surface area contributed by atoms with E-state index < -0.39 is 24.3 Å². The van der Waals surface area contributed by atoms with Gasteiger partial charge >= 0.3 is 24.3 Å². The normalized spacial score (nSPS) is 21.2. The molecule has 9 nitrogen and oxygen atoms in total. The number of halogens is 6. The van der Waals surface area contributed by atoms with Crippen LogP contribution in [0.1, 0.15) is 18.4 Å². The van der Waals surface area contributed by atoms with E-state index in [1.807, 2.05) is 30.7 Å². The maximum absolute atomic E-state index is 10.6. The Morgan fingerprint density at radius 2 is 1.55 bits per heavy atom. The molecule has 4 rings (SSSR count). The number of carboxylic acids is 2. The van der Waals surface area contributed by atoms with Crippen LogP contribution in [0.3, 0.4) is 0 Å². The van der Waals surface area contributed by atoms with Gasteiger partial charge in [0.2, 0.25) is 0 Å². The molecule has 210 valence electrons. The molecule has 1 aliphatic carbocycles. The summed E-state index contributed by atoms with van der Waals surface area (Å²) in [7, 11) is 0. The molecule has 0 amide bonds. The van der Waals surface area contributed by atoms with Crippen LogP contribution in [0.15, 0.2) is 49.1 Å². The molecule has 0 spiro atoms. The smallest absolute Gasteiger partial charge is 0.475 e. The van der Waals surface area contributed by atoms with E-state index >= 15 is 0 Å². The van der Waals surface area contributed by atoms with Gasteiger partial charge < -0.3 is 20.3 Å². The van der Waals surface area contributed by atoms with Crippen molar-refractivity contribution in [1.29, 1.82) is 0 Å². The van der Waals surface area contributed by atoms with Gasteiger partial charge in [0.1, 0.15) is 0 Å². The fourth-order valence-corrected chi connectivity index (χ4v) is 3.99. The predicted molar refractivity (Wildman–Crippen MR) is 121 cm³/mol. The van der Waals surface area contributed by atoms with Gasteiger partial charge in [-0.2, -0.15) is 26.3 Å². The van der Waals surface area contributed by atoms with Crippen molar-refractivity contribution in [3.05, 3.63) is 54.6 Å². The van der Waals surface area contributed by atoms with Gasteiger partial charge in [-0.15, -0.1) is 0 Å². The van der Waals surface area contributed by atoms with Gasteiger partial charge in [-0.25, -0.2) is 9.59 Å². The zero-order valence-electron chi connectivity index (χ0n) is 19.8. The first-order valence-corrected chi connectivity index (χ1v) is 11.3. The molecule has 2 aromatic heterocycles. The molecule has 3 heterocycles. The van der Waals surface area contributed by atoms with Crippen LogP contribution in [0.4, 0.5) is 32.0 Å². The molecule has 3 unspecified atom stereocenters. The number of carboxylic acid groups (broad SMARTS) is 2. The summed E-state index contributed by atoms with van der Waals surface area (Å²) in [6, 6.07) is 8.73. The van der Waals surface area contributed by atoms with Crippen molar-refractivity contribution in [2.45, 2.75) is 43.9 Å². The number of nitrogens with zero attached hydrogens (tertiary/aromatic N) is 3. The molecule has 0 aromatic carbocycles. The quantitative estimate of drug-likeness (QED) is 0.475. The summed E-state index contributed by atoms with van der Waals surface area (Å²) in [5.41, 5.74) is 2.37. The molecule has 2 aromatic rings. The van der Waals surface area contributed by atoms with Crippen molar-refractivity contribution < 1.29 is 50.9 Å². The number of aromatic nitrogens is 2. The van der Waals surface area contributed by atoms with Crippen LogP contribution in [-0.4, -0.2) is 81.2 Å². The van der Waals surface area contributed by atoms with Crippen LogP contribution in [-0.2, 0) is 20.9 Å². The number of nitrogens with one attached hydrogen (secondary N) is 1. The zero-order chi connectivity index (χ0) is 28.3. The topological polar surface area (TPSA) is 125 Å². The molecule has 0 bridgehead atoms. The van der Waals surface area contributed by atoms with E-state index in [-0.39, 0.29) is 0 Å². The number of hydrogen-bond donors (Lipinski definition) is 3. The van der Waals surface area contributed by atoms with Gasteiger partial charge in [-0.1, -0.05) is 6.07 Å². The number of ether oxygens (including phenoxy) is 1. The zero-order valence-corrected chi connectivity index (χ0v) is 19.8. The molecule has 2 fully saturated rings. The van der Waals surface area contributed by atoms with Crippen LogP contribution < -0.4 is 5.32 Å². The summed E-state index contributed by atoms with van der Waals surface area (Å²) in [6.45, 7) is 3.76. The van der Waals surface area contributed by atoms with Gasteiger partial charge in [0, 0.05) is 56.4 Å². The minimum Gasteiger partial charge on any atom is -0.475 e. The van der Waals surface area contributed by atoms with Crippen LogP contribution in [0.25, 0.3) is 0 Å². The number of fused-ring (bicyclic) bond motifs is 1. The SMILES string of the molecule is O=C(O)C(F)(F)F.O=C(O)C(F)(F)F.c1cncc(CN2CCOC3C(CNc4cccnc4)CCC32)c1. The van der Waals surface area contributed by atoms with Crippen molar-refractivity contribution in [3.8, 4) is 0 Å². The van der Waals surface area contributed by atoms with E-state index in [0.717, 1.165) is 31.9 Å². The van der Waals surface area contributed by atoms with Gasteiger partial charge in [0.25, 0.3) is 0 Å². The second kappa shape index (κ2) is 13.9. The molecule has 1 saturated heterocycles. The lowest BCUT2D eigenvalue weighted by Gasteiger charge is -2.39. The van der Waals surface area contributed by atoms with E-state index in [9.17, 15) is 26.3 Å². The van der Waals surface area contributed by atoms with Crippen LogP contribution >= 0.6 is 0 Å². The number of morpholine rings is 1. The lowest BCUT2D eigenvalue weighted by molar-refractivity contribution is -0.193. The molecular formula is C23H26F6N4O5. The molecule has 2 aliphatic rings. The van der Waals surface area contributed by atoms with Gasteiger partial charge in [-0.05, 0) is 36.6 Å². The predicted octanol–water partition coefficient (Wildman–Crippen LogP) is 3.83. The minimum atomic E-state index is -5.08. The highest BCUT2D eigenvalue weighted by Gasteiger charge is 2.42. The molecule has 1 aliphatic heterocycles. The van der Waals surface area contributed by atoms with E-state index in [2.05, 4.69) is 32.3 Å². The second-order valence-corrected chi connectivity index (χ2v) is 8.30. The number of pyridine rings is 2. The van der Waals surface area contributed by atoms with Gasteiger partial charge in [0.05, 0.1) is 18.4 Å². The average Bonchev–Trinajstić information content (AvgIpc) is 3.28. The third-order valence-electron chi connectivity index (χ3n) is 5.66. The van der Waals surface area contributed by atoms with Crippen LogP contribution in [0, 0.1) is 5.92 Å². The van der Waals surface area contributed by atoms with Gasteiger partial charge in [-0.3, -0.25) is 14.9 Å². The molecule has 3 N–H and O–H groups in total. The minimum absolute atomic E-state index is 0.333. The van der Waals surface area contributed by atoms with Crippen molar-refractivity contribution in [2.24, 2.45) is 5.92 Å². The van der Waals surface area contributed by atoms with E-state index in [1.54, 1.807) is 6.20 Å². The van der Waals surface area contributed by atoms with Gasteiger partial charge in [0.15, 0.2) is 0 Å². The first-order valence-electron chi connectivity index (χ1n) is 11.3. The molecular weight excluding hydrogens is 526 g/mol. The highest BCUT2D eigenvalue weighted by Crippen LogP contribution is 2.35. The van der Waals surface area contributed by atoms with Crippen LogP contribution in [0.2, 0.25) is 0 Å². The number of carbonyl (C=O) groups is 2. The number of aliphatic carboxylic acids is 2.